The summed E-state index contributed by atoms with van der Waals surface area (Å²) in [6, 6.07) is 7.20. The van der Waals surface area contributed by atoms with Crippen molar-refractivity contribution < 1.29 is 22.8 Å². The maximum atomic E-state index is 17.0. The highest BCUT2D eigenvalue weighted by Crippen LogP contribution is 2.50. The summed E-state index contributed by atoms with van der Waals surface area (Å²) in [5.74, 6) is -1.28. The fourth-order valence-electron chi connectivity index (χ4n) is 7.34. The van der Waals surface area contributed by atoms with Gasteiger partial charge in [0.25, 0.3) is 0 Å². The second-order valence-electron chi connectivity index (χ2n) is 12.6. The molecule has 3 aromatic heterocycles. The van der Waals surface area contributed by atoms with Crippen LogP contribution in [0.4, 0.5) is 25.4 Å². The summed E-state index contributed by atoms with van der Waals surface area (Å²) >= 11 is 7.59. The molecule has 50 heavy (non-hydrogen) atoms. The summed E-state index contributed by atoms with van der Waals surface area (Å²) in [7, 11) is -0.971. The van der Waals surface area contributed by atoms with Gasteiger partial charge in [-0.05, 0) is 50.4 Å². The van der Waals surface area contributed by atoms with Gasteiger partial charge in [0.05, 0.1) is 32.3 Å². The number of phenolic OH excluding ortho intramolecular Hbond substituents is 1. The van der Waals surface area contributed by atoms with E-state index in [1.165, 1.54) is 6.07 Å². The second-order valence-corrected chi connectivity index (χ2v) is 16.0. The number of hydrogen-bond donors (Lipinski definition) is 4. The summed E-state index contributed by atoms with van der Waals surface area (Å²) in [5, 5.41) is 24.3. The highest BCUT2D eigenvalue weighted by Gasteiger charge is 2.50. The van der Waals surface area contributed by atoms with Gasteiger partial charge in [-0.3, -0.25) is 9.11 Å². The van der Waals surface area contributed by atoms with Crippen LogP contribution in [0.25, 0.3) is 32.1 Å². The zero-order valence-corrected chi connectivity index (χ0v) is 29.5. The Morgan fingerprint density at radius 1 is 1.30 bits per heavy atom. The Labute approximate surface area is 297 Å². The molecule has 2 fully saturated rings. The monoisotopic (exact) mass is 738 g/mol. The van der Waals surface area contributed by atoms with E-state index < -0.39 is 39.2 Å². The van der Waals surface area contributed by atoms with Crippen LogP contribution < -0.4 is 21.5 Å². The smallest absolute Gasteiger partial charge is 0.319 e. The molecule has 5 heterocycles. The number of rotatable bonds is 9. The third-order valence-corrected chi connectivity index (χ3v) is 12.8. The first-order chi connectivity index (χ1) is 24.0. The lowest BCUT2D eigenvalue weighted by Gasteiger charge is -2.31. The molecule has 0 spiro atoms. The molecule has 4 atom stereocenters. The van der Waals surface area contributed by atoms with Gasteiger partial charge in [0.15, 0.2) is 5.82 Å². The average molecular weight is 739 g/mol. The number of aromatic nitrogens is 3. The van der Waals surface area contributed by atoms with Crippen molar-refractivity contribution in [2.45, 2.75) is 49.9 Å². The molecule has 0 amide bonds. The molecule has 6 N–H and O–H groups in total. The molecule has 11 nitrogen and oxygen atoms in total. The standard InChI is InChI=1S/C34H33ClF2N8O3S2/c1-3-50(47)17-12-34(9-5-11-45(34)14-17)15-48-33-43-27-24(32(44-33)42-16(2)18-6-4-10-41-30(18)39)28(46)25(35)23(26(27)37)19-7-8-21(36)29-22(19)20(13-38)31(40)49-29/h4,6-8,10,16-17,46H,3,5,9,11-12,14-15,40H2,1-2H3,(H2,39,41)(H,42,43,44)/t16-,17-,34+,50?/m1/s1. The lowest BCUT2D eigenvalue weighted by atomic mass is 9.95. The van der Waals surface area contributed by atoms with Gasteiger partial charge >= 0.3 is 6.01 Å². The molecule has 0 bridgehead atoms. The van der Waals surface area contributed by atoms with Gasteiger partial charge in [0.2, 0.25) is 0 Å². The van der Waals surface area contributed by atoms with E-state index in [0.29, 0.717) is 24.3 Å². The van der Waals surface area contributed by atoms with Crippen LogP contribution in [0.15, 0.2) is 30.5 Å². The van der Waals surface area contributed by atoms with Gasteiger partial charge in [-0.1, -0.05) is 30.7 Å². The zero-order chi connectivity index (χ0) is 35.5. The number of nitrogens with zero attached hydrogens (tertiary/aromatic N) is 5. The minimum atomic E-state index is -0.971. The normalized spacial score (nSPS) is 20.2. The number of ether oxygens (including phenoxy) is 1. The Hall–Kier alpha value is -4.36. The van der Waals surface area contributed by atoms with Crippen LogP contribution in [0.3, 0.4) is 0 Å². The van der Waals surface area contributed by atoms with E-state index in [1.54, 1.807) is 25.3 Å². The third-order valence-electron chi connectivity index (χ3n) is 9.77. The maximum absolute atomic E-state index is 17.0. The molecule has 7 rings (SSSR count). The van der Waals surface area contributed by atoms with Crippen LogP contribution in [0.5, 0.6) is 11.8 Å². The first-order valence-corrected chi connectivity index (χ1v) is 18.6. The Bertz CT molecular complexity index is 2250. The van der Waals surface area contributed by atoms with Crippen LogP contribution in [-0.2, 0) is 10.8 Å². The zero-order valence-electron chi connectivity index (χ0n) is 27.1. The van der Waals surface area contributed by atoms with Gasteiger partial charge in [-0.2, -0.15) is 15.2 Å². The number of aromatic hydroxyl groups is 1. The average Bonchev–Trinajstić information content (AvgIpc) is 3.77. The van der Waals surface area contributed by atoms with E-state index >= 15 is 4.39 Å². The van der Waals surface area contributed by atoms with Gasteiger partial charge in [-0.15, -0.1) is 11.3 Å². The molecule has 0 saturated carbocycles. The van der Waals surface area contributed by atoms with Crippen LogP contribution in [0.2, 0.25) is 5.02 Å². The Kier molecular flexibility index (Phi) is 8.92. The first kappa shape index (κ1) is 34.1. The molecule has 2 aromatic carbocycles. The predicted octanol–water partition coefficient (Wildman–Crippen LogP) is 6.51. The third kappa shape index (κ3) is 5.54. The summed E-state index contributed by atoms with van der Waals surface area (Å²) < 4.78 is 51.1. The quantitative estimate of drug-likeness (QED) is 0.130. The summed E-state index contributed by atoms with van der Waals surface area (Å²) in [5.41, 5.74) is 11.8. The van der Waals surface area contributed by atoms with E-state index in [-0.39, 0.29) is 77.7 Å². The number of fused-ring (bicyclic) bond motifs is 3. The van der Waals surface area contributed by atoms with E-state index in [0.717, 1.165) is 36.8 Å². The van der Waals surface area contributed by atoms with Crippen LogP contribution in [0, 0.1) is 23.0 Å². The highest BCUT2D eigenvalue weighted by molar-refractivity contribution is 7.85. The number of anilines is 3. The molecular formula is C34H33ClF2N8O3S2. The van der Waals surface area contributed by atoms with E-state index in [9.17, 15) is 19.0 Å². The van der Waals surface area contributed by atoms with Crippen molar-refractivity contribution in [2.75, 3.05) is 42.2 Å². The van der Waals surface area contributed by atoms with Crippen molar-refractivity contribution in [2.24, 2.45) is 0 Å². The molecule has 5 aromatic rings. The minimum absolute atomic E-state index is 0.0144. The van der Waals surface area contributed by atoms with Gasteiger partial charge in [-0.25, -0.2) is 13.8 Å². The number of pyridine rings is 1. The van der Waals surface area contributed by atoms with Crippen LogP contribution in [0.1, 0.15) is 50.3 Å². The van der Waals surface area contributed by atoms with Gasteiger partial charge in [0.1, 0.15) is 46.4 Å². The summed E-state index contributed by atoms with van der Waals surface area (Å²) in [6.07, 6.45) is 4.03. The number of nitrogen functional groups attached to an aromatic ring is 2. The van der Waals surface area contributed by atoms with Crippen molar-refractivity contribution in [1.82, 2.24) is 19.9 Å². The van der Waals surface area contributed by atoms with Crippen molar-refractivity contribution in [3.05, 3.63) is 58.2 Å². The number of nitrogens with two attached hydrogens (primary N) is 2. The Morgan fingerprint density at radius 3 is 2.84 bits per heavy atom. The van der Waals surface area contributed by atoms with E-state index in [1.807, 2.05) is 13.0 Å². The van der Waals surface area contributed by atoms with Gasteiger partial charge in [0, 0.05) is 51.1 Å². The SMILES string of the molecule is CCS(=O)[C@H]1CN2CCC[C@@]2(COc2nc(N[C@H](C)c3cccnc3N)c3c(O)c(Cl)c(-c4ccc(F)c5sc(N)c(C#N)c45)c(F)c3n2)C1. The summed E-state index contributed by atoms with van der Waals surface area (Å²) in [4.78, 5) is 15.5. The largest absolute Gasteiger partial charge is 0.506 e. The highest BCUT2D eigenvalue weighted by atomic mass is 35.5. The fraction of sp³-hybridized carbons (Fsp3) is 0.353. The van der Waals surface area contributed by atoms with Crippen molar-refractivity contribution in [1.29, 1.82) is 5.26 Å². The van der Waals surface area contributed by atoms with E-state index in [4.69, 9.17) is 27.8 Å². The molecule has 2 aliphatic heterocycles. The number of nitriles is 1. The molecular weight excluding hydrogens is 706 g/mol. The van der Waals surface area contributed by atoms with Crippen molar-refractivity contribution >= 4 is 71.4 Å². The lowest BCUT2D eigenvalue weighted by molar-refractivity contribution is 0.108. The maximum Gasteiger partial charge on any atom is 0.319 e. The van der Waals surface area contributed by atoms with E-state index in [2.05, 4.69) is 25.2 Å². The van der Waals surface area contributed by atoms with Crippen LogP contribution in [-0.4, -0.2) is 65.4 Å². The topological polar surface area (TPSA) is 176 Å². The molecule has 1 unspecified atom stereocenters. The number of phenols is 1. The van der Waals surface area contributed by atoms with Crippen LogP contribution >= 0.6 is 22.9 Å². The number of halogens is 3. The summed E-state index contributed by atoms with van der Waals surface area (Å²) in [6.45, 7) is 5.44. The fourth-order valence-corrected chi connectivity index (χ4v) is 9.88. The lowest BCUT2D eigenvalue weighted by Crippen LogP contribution is -2.43. The minimum Gasteiger partial charge on any atom is -0.506 e. The molecule has 2 saturated heterocycles. The predicted molar refractivity (Wildman–Crippen MR) is 193 cm³/mol. The number of hydrogen-bond acceptors (Lipinski definition) is 12. The molecule has 16 heteroatoms. The van der Waals surface area contributed by atoms with Gasteiger partial charge < -0.3 is 26.6 Å². The Morgan fingerprint density at radius 2 is 2.10 bits per heavy atom. The number of thiophene rings is 1. The molecule has 260 valence electrons. The second kappa shape index (κ2) is 13.1. The number of benzene rings is 2. The van der Waals surface area contributed by atoms with Crippen molar-refractivity contribution in [3.63, 3.8) is 0 Å². The van der Waals surface area contributed by atoms with Crippen molar-refractivity contribution in [3.8, 4) is 29.0 Å². The molecule has 0 radical (unpaired) electrons. The molecule has 0 aliphatic carbocycles. The Balaban J connectivity index is 1.39. The number of nitrogens with one attached hydrogen (secondary N) is 1. The first-order valence-electron chi connectivity index (χ1n) is 16.0. The molecule has 2 aliphatic rings.